The zero-order valence-corrected chi connectivity index (χ0v) is 7.17. The fourth-order valence-corrected chi connectivity index (χ4v) is 1.67. The molecule has 2 N–H and O–H groups in total. The molecule has 0 saturated carbocycles. The van der Waals surface area contributed by atoms with E-state index in [0.717, 1.165) is 19.0 Å². The van der Waals surface area contributed by atoms with Crippen LogP contribution in [0.4, 0.5) is 0 Å². The molecule has 3 heteroatoms. The summed E-state index contributed by atoms with van der Waals surface area (Å²) in [6.07, 6.45) is 1.71. The number of ether oxygens (including phenoxy) is 1. The molecule has 1 saturated heterocycles. The third-order valence-electron chi connectivity index (χ3n) is 2.58. The predicted molar refractivity (Wildman–Crippen MR) is 45.0 cm³/mol. The van der Waals surface area contributed by atoms with Crippen molar-refractivity contribution in [3.63, 3.8) is 0 Å². The molecule has 0 radical (unpaired) electrons. The minimum absolute atomic E-state index is 0.0388. The quantitative estimate of drug-likeness (QED) is 0.709. The highest BCUT2D eigenvalue weighted by molar-refractivity contribution is 5.30. The average molecular weight is 167 g/mol. The smallest absolute Gasteiger partial charge is 0.104 e. The van der Waals surface area contributed by atoms with Gasteiger partial charge in [-0.2, -0.15) is 0 Å². The molecule has 0 aliphatic carbocycles. The summed E-state index contributed by atoms with van der Waals surface area (Å²) in [4.78, 5) is 0. The monoisotopic (exact) mass is 167 g/mol. The van der Waals surface area contributed by atoms with Crippen LogP contribution in [-0.4, -0.2) is 19.8 Å². The standard InChI is InChI=1S/C9H13NO2/c1-7-8(2-3-12-7)9(4-10)5-11-6-9/h2-3H,4-6,10H2,1H3. The summed E-state index contributed by atoms with van der Waals surface area (Å²) in [6.45, 7) is 4.05. The molecule has 12 heavy (non-hydrogen) atoms. The summed E-state index contributed by atoms with van der Waals surface area (Å²) in [7, 11) is 0. The second-order valence-corrected chi connectivity index (χ2v) is 3.37. The van der Waals surface area contributed by atoms with E-state index in [9.17, 15) is 0 Å². The van der Waals surface area contributed by atoms with Crippen molar-refractivity contribution in [3.8, 4) is 0 Å². The highest BCUT2D eigenvalue weighted by Crippen LogP contribution is 2.33. The Balaban J connectivity index is 2.33. The molecule has 3 nitrogen and oxygen atoms in total. The lowest BCUT2D eigenvalue weighted by Crippen LogP contribution is -2.52. The van der Waals surface area contributed by atoms with Crippen molar-refractivity contribution in [2.24, 2.45) is 5.73 Å². The Hall–Kier alpha value is -0.800. The van der Waals surface area contributed by atoms with E-state index in [2.05, 4.69) is 0 Å². The Morgan fingerprint density at radius 1 is 1.58 bits per heavy atom. The fourth-order valence-electron chi connectivity index (χ4n) is 1.67. The molecule has 1 fully saturated rings. The Bertz CT molecular complexity index is 270. The normalized spacial score (nSPS) is 20.5. The molecule has 0 unspecified atom stereocenters. The summed E-state index contributed by atoms with van der Waals surface area (Å²) in [5.41, 5.74) is 6.95. The summed E-state index contributed by atoms with van der Waals surface area (Å²) in [5, 5.41) is 0. The number of aryl methyl sites for hydroxylation is 1. The van der Waals surface area contributed by atoms with Crippen molar-refractivity contribution in [1.29, 1.82) is 0 Å². The number of rotatable bonds is 2. The van der Waals surface area contributed by atoms with E-state index in [1.807, 2.05) is 13.0 Å². The van der Waals surface area contributed by atoms with Gasteiger partial charge in [0.15, 0.2) is 0 Å². The lowest BCUT2D eigenvalue weighted by molar-refractivity contribution is -0.0556. The summed E-state index contributed by atoms with van der Waals surface area (Å²) in [6, 6.07) is 1.99. The van der Waals surface area contributed by atoms with Gasteiger partial charge in [-0.05, 0) is 13.0 Å². The summed E-state index contributed by atoms with van der Waals surface area (Å²) >= 11 is 0. The van der Waals surface area contributed by atoms with Crippen LogP contribution in [0.15, 0.2) is 16.7 Å². The minimum Gasteiger partial charge on any atom is -0.469 e. The van der Waals surface area contributed by atoms with E-state index in [1.165, 1.54) is 5.56 Å². The molecule has 0 amide bonds. The zero-order chi connectivity index (χ0) is 8.60. The first-order chi connectivity index (χ1) is 5.78. The number of hydrogen-bond acceptors (Lipinski definition) is 3. The van der Waals surface area contributed by atoms with Gasteiger partial charge < -0.3 is 14.9 Å². The topological polar surface area (TPSA) is 48.4 Å². The van der Waals surface area contributed by atoms with E-state index in [4.69, 9.17) is 14.9 Å². The van der Waals surface area contributed by atoms with Gasteiger partial charge in [0.2, 0.25) is 0 Å². The first-order valence-electron chi connectivity index (χ1n) is 4.11. The Morgan fingerprint density at radius 2 is 2.33 bits per heavy atom. The van der Waals surface area contributed by atoms with Crippen LogP contribution in [0.3, 0.4) is 0 Å². The van der Waals surface area contributed by atoms with Crippen molar-refractivity contribution < 1.29 is 9.15 Å². The molecule has 0 bridgehead atoms. The Kier molecular flexibility index (Phi) is 1.70. The molecule has 1 aromatic heterocycles. The maximum atomic E-state index is 5.71. The highest BCUT2D eigenvalue weighted by Gasteiger charge is 2.40. The van der Waals surface area contributed by atoms with Gasteiger partial charge in [-0.15, -0.1) is 0 Å². The maximum Gasteiger partial charge on any atom is 0.104 e. The first kappa shape index (κ1) is 7.83. The largest absolute Gasteiger partial charge is 0.469 e. The molecule has 1 aliphatic rings. The summed E-state index contributed by atoms with van der Waals surface area (Å²) < 4.78 is 10.4. The van der Waals surface area contributed by atoms with Gasteiger partial charge in [-0.25, -0.2) is 0 Å². The lowest BCUT2D eigenvalue weighted by atomic mass is 9.79. The van der Waals surface area contributed by atoms with E-state index in [0.29, 0.717) is 6.54 Å². The van der Waals surface area contributed by atoms with Crippen molar-refractivity contribution >= 4 is 0 Å². The molecular weight excluding hydrogens is 154 g/mol. The van der Waals surface area contributed by atoms with Gasteiger partial charge in [0, 0.05) is 12.1 Å². The van der Waals surface area contributed by atoms with E-state index >= 15 is 0 Å². The first-order valence-corrected chi connectivity index (χ1v) is 4.11. The van der Waals surface area contributed by atoms with Crippen molar-refractivity contribution in [2.75, 3.05) is 19.8 Å². The van der Waals surface area contributed by atoms with Crippen LogP contribution in [-0.2, 0) is 10.2 Å². The maximum absolute atomic E-state index is 5.71. The second-order valence-electron chi connectivity index (χ2n) is 3.37. The third-order valence-corrected chi connectivity index (χ3v) is 2.58. The van der Waals surface area contributed by atoms with Crippen LogP contribution in [0, 0.1) is 6.92 Å². The number of furan rings is 1. The molecule has 1 aliphatic heterocycles. The van der Waals surface area contributed by atoms with Crippen LogP contribution < -0.4 is 5.73 Å². The van der Waals surface area contributed by atoms with Gasteiger partial charge in [0.25, 0.3) is 0 Å². The molecule has 2 heterocycles. The number of nitrogens with two attached hydrogens (primary N) is 1. The SMILES string of the molecule is Cc1occc1C1(CN)COC1. The van der Waals surface area contributed by atoms with Gasteiger partial charge >= 0.3 is 0 Å². The van der Waals surface area contributed by atoms with Crippen molar-refractivity contribution in [1.82, 2.24) is 0 Å². The highest BCUT2D eigenvalue weighted by atomic mass is 16.5. The molecule has 0 spiro atoms. The molecule has 0 aromatic carbocycles. The third kappa shape index (κ3) is 0.901. The second kappa shape index (κ2) is 2.61. The zero-order valence-electron chi connectivity index (χ0n) is 7.17. The lowest BCUT2D eigenvalue weighted by Gasteiger charge is -2.40. The number of hydrogen-bond donors (Lipinski definition) is 1. The summed E-state index contributed by atoms with van der Waals surface area (Å²) in [5.74, 6) is 0.962. The van der Waals surface area contributed by atoms with Crippen LogP contribution in [0.2, 0.25) is 0 Å². The molecule has 1 aromatic rings. The van der Waals surface area contributed by atoms with E-state index < -0.39 is 0 Å². The minimum atomic E-state index is 0.0388. The molecule has 0 atom stereocenters. The Morgan fingerprint density at radius 3 is 2.67 bits per heavy atom. The van der Waals surface area contributed by atoms with Crippen LogP contribution >= 0.6 is 0 Å². The van der Waals surface area contributed by atoms with Gasteiger partial charge in [-0.1, -0.05) is 0 Å². The van der Waals surface area contributed by atoms with Crippen molar-refractivity contribution in [2.45, 2.75) is 12.3 Å². The Labute approximate surface area is 71.5 Å². The average Bonchev–Trinajstić information content (AvgIpc) is 2.36. The van der Waals surface area contributed by atoms with Gasteiger partial charge in [0.05, 0.1) is 24.9 Å². The van der Waals surface area contributed by atoms with Gasteiger partial charge in [0.1, 0.15) is 5.76 Å². The molecule has 66 valence electrons. The van der Waals surface area contributed by atoms with Crippen molar-refractivity contribution in [3.05, 3.63) is 23.7 Å². The molecular formula is C9H13NO2. The van der Waals surface area contributed by atoms with E-state index in [-0.39, 0.29) is 5.41 Å². The fraction of sp³-hybridized carbons (Fsp3) is 0.556. The van der Waals surface area contributed by atoms with E-state index in [1.54, 1.807) is 6.26 Å². The predicted octanol–water partition coefficient (Wildman–Crippen LogP) is 0.815. The molecule has 2 rings (SSSR count). The van der Waals surface area contributed by atoms with Crippen LogP contribution in [0.25, 0.3) is 0 Å². The van der Waals surface area contributed by atoms with Gasteiger partial charge in [-0.3, -0.25) is 0 Å². The van der Waals surface area contributed by atoms with Crippen LogP contribution in [0.5, 0.6) is 0 Å². The van der Waals surface area contributed by atoms with Crippen LogP contribution in [0.1, 0.15) is 11.3 Å².